The fourth-order valence-corrected chi connectivity index (χ4v) is 7.84. The Labute approximate surface area is 398 Å². The lowest BCUT2D eigenvalue weighted by molar-refractivity contribution is -0.137. The maximum Gasteiger partial charge on any atom is 0.245 e. The van der Waals surface area contributed by atoms with E-state index in [1.54, 1.807) is 0 Å². The first-order valence-corrected chi connectivity index (χ1v) is 24.9. The molecule has 7 amide bonds. The van der Waals surface area contributed by atoms with E-state index in [4.69, 9.17) is 22.9 Å². The number of rotatable bonds is 39. The highest BCUT2D eigenvalue weighted by atomic mass is 16.3. The lowest BCUT2D eigenvalue weighted by Crippen LogP contribution is -2.61. The van der Waals surface area contributed by atoms with Crippen LogP contribution in [0, 0.1) is 5.92 Å². The highest BCUT2D eigenvalue weighted by Crippen LogP contribution is 2.15. The van der Waals surface area contributed by atoms with Crippen molar-refractivity contribution in [1.29, 1.82) is 0 Å². The molecule has 67 heavy (non-hydrogen) atoms. The van der Waals surface area contributed by atoms with Gasteiger partial charge in [-0.1, -0.05) is 85.0 Å². The van der Waals surface area contributed by atoms with Crippen molar-refractivity contribution in [3.8, 4) is 0 Å². The molecule has 1 aliphatic rings. The molecule has 21 nitrogen and oxygen atoms in total. The van der Waals surface area contributed by atoms with Crippen molar-refractivity contribution in [2.45, 2.75) is 204 Å². The number of carbonyl (C=O) groups excluding carboxylic acids is 7. The van der Waals surface area contributed by atoms with E-state index in [9.17, 15) is 43.8 Å². The number of unbranched alkanes of at least 4 members (excludes halogenated alkanes) is 11. The van der Waals surface area contributed by atoms with Gasteiger partial charge in [0, 0.05) is 25.6 Å². The minimum Gasteiger partial charge on any atom is -0.394 e. The number of aliphatic hydroxyl groups excluding tert-OH is 2. The highest BCUT2D eigenvalue weighted by Gasteiger charge is 2.36. The standard InChI is InChI=1S/C46H88N12O9/c1-4-5-6-7-8-9-10-11-12-13-14-21-39(62)55-35(29-38(48)61)43(65)54-32(19-17-27-53-46(49)50)22-23-37(60)40(58-44(66)36(30-59)57-42(64)33-20-18-26-51-33)45(67)56-34(28-31(2)3)41(63)52-25-16-15-24-47/h31-37,40,51,59-60H,4-30,47H2,1-3H3,(H2,48,61)(H,52,63)(H,54,65)(H,55,62)(H,56,67)(H,57,64)(H,58,66)(H4,49,50,53). The lowest BCUT2D eigenvalue weighted by atomic mass is 9.97. The van der Waals surface area contributed by atoms with E-state index < -0.39 is 96.7 Å². The van der Waals surface area contributed by atoms with Gasteiger partial charge in [0.05, 0.1) is 25.2 Å². The SMILES string of the molecule is CCCCCCCCCCCCCC(=O)NC(CC(N)=O)C(=O)NC(CCCN=C(N)N)CCC(O)C(NC(=O)C(CO)NC(=O)C1CCCN1)C(=O)NC(CC(C)C)C(=O)NCCCCN. The number of nitrogens with one attached hydrogen (secondary N) is 7. The number of nitrogens with two attached hydrogens (primary N) is 4. The number of primary amides is 1. The average molecular weight is 953 g/mol. The van der Waals surface area contributed by atoms with Crippen LogP contribution in [0.5, 0.6) is 0 Å². The predicted molar refractivity (Wildman–Crippen MR) is 259 cm³/mol. The molecule has 1 aliphatic heterocycles. The number of nitrogens with zero attached hydrogens (tertiary/aromatic N) is 1. The summed E-state index contributed by atoms with van der Waals surface area (Å²) in [5, 5.41) is 40.8. The van der Waals surface area contributed by atoms with Crippen LogP contribution < -0.4 is 60.2 Å². The number of aliphatic hydroxyl groups is 2. The molecule has 0 aliphatic carbocycles. The summed E-state index contributed by atoms with van der Waals surface area (Å²) in [6.07, 6.45) is 13.4. The second-order valence-electron chi connectivity index (χ2n) is 18.2. The second-order valence-corrected chi connectivity index (χ2v) is 18.2. The van der Waals surface area contributed by atoms with Crippen LogP contribution in [0.2, 0.25) is 0 Å². The molecule has 0 spiro atoms. The molecule has 1 fully saturated rings. The number of guanidine groups is 1. The molecule has 17 N–H and O–H groups in total. The Morgan fingerprint density at radius 3 is 1.91 bits per heavy atom. The van der Waals surface area contributed by atoms with E-state index in [1.807, 2.05) is 13.8 Å². The van der Waals surface area contributed by atoms with Gasteiger partial charge in [0.25, 0.3) is 0 Å². The van der Waals surface area contributed by atoms with Gasteiger partial charge in [-0.3, -0.25) is 38.6 Å². The van der Waals surface area contributed by atoms with E-state index in [0.717, 1.165) is 32.1 Å². The van der Waals surface area contributed by atoms with E-state index in [1.165, 1.54) is 38.5 Å². The van der Waals surface area contributed by atoms with E-state index in [-0.39, 0.29) is 50.5 Å². The van der Waals surface area contributed by atoms with Crippen molar-refractivity contribution in [3.05, 3.63) is 0 Å². The quantitative estimate of drug-likeness (QED) is 0.0217. The van der Waals surface area contributed by atoms with Gasteiger partial charge < -0.3 is 70.4 Å². The molecule has 1 heterocycles. The molecule has 0 bridgehead atoms. The maximum absolute atomic E-state index is 14.1. The van der Waals surface area contributed by atoms with Crippen molar-refractivity contribution in [1.82, 2.24) is 37.2 Å². The van der Waals surface area contributed by atoms with Crippen LogP contribution >= 0.6 is 0 Å². The summed E-state index contributed by atoms with van der Waals surface area (Å²) in [4.78, 5) is 96.7. The van der Waals surface area contributed by atoms with Gasteiger partial charge in [-0.25, -0.2) is 0 Å². The summed E-state index contributed by atoms with van der Waals surface area (Å²) in [6, 6.07) is -6.82. The second kappa shape index (κ2) is 36.4. The van der Waals surface area contributed by atoms with E-state index in [2.05, 4.69) is 49.1 Å². The van der Waals surface area contributed by atoms with Gasteiger partial charge >= 0.3 is 0 Å². The first-order chi connectivity index (χ1) is 32.0. The molecule has 0 aromatic carbocycles. The van der Waals surface area contributed by atoms with Crippen LogP contribution in [0.4, 0.5) is 0 Å². The number of carbonyl (C=O) groups is 7. The van der Waals surface area contributed by atoms with Gasteiger partial charge in [0.15, 0.2) is 5.96 Å². The molecule has 1 rings (SSSR count). The van der Waals surface area contributed by atoms with Gasteiger partial charge in [-0.05, 0) is 83.2 Å². The van der Waals surface area contributed by atoms with E-state index in [0.29, 0.717) is 51.7 Å². The van der Waals surface area contributed by atoms with Crippen molar-refractivity contribution < 1.29 is 43.8 Å². The van der Waals surface area contributed by atoms with Crippen LogP contribution in [0.25, 0.3) is 0 Å². The minimum atomic E-state index is -1.70. The van der Waals surface area contributed by atoms with Crippen molar-refractivity contribution in [2.24, 2.45) is 33.8 Å². The molecule has 0 radical (unpaired) electrons. The number of amides is 7. The topological polar surface area (TPSA) is 361 Å². The zero-order chi connectivity index (χ0) is 50.0. The van der Waals surface area contributed by atoms with Crippen molar-refractivity contribution in [2.75, 3.05) is 32.8 Å². The predicted octanol–water partition coefficient (Wildman–Crippen LogP) is -0.173. The van der Waals surface area contributed by atoms with Crippen LogP contribution in [-0.4, -0.2) is 133 Å². The normalized spacial score (nSPS) is 16.1. The first-order valence-electron chi connectivity index (χ1n) is 24.9. The summed E-state index contributed by atoms with van der Waals surface area (Å²) >= 11 is 0. The number of hydrogen-bond donors (Lipinski definition) is 13. The summed E-state index contributed by atoms with van der Waals surface area (Å²) in [5.74, 6) is -4.94. The average Bonchev–Trinajstić information content (AvgIpc) is 3.83. The summed E-state index contributed by atoms with van der Waals surface area (Å²) in [6.45, 7) is 6.67. The molecule has 1 saturated heterocycles. The Morgan fingerprint density at radius 1 is 0.701 bits per heavy atom. The Bertz CT molecular complexity index is 1490. The van der Waals surface area contributed by atoms with Crippen molar-refractivity contribution in [3.63, 3.8) is 0 Å². The molecule has 7 atom stereocenters. The summed E-state index contributed by atoms with van der Waals surface area (Å²) < 4.78 is 0. The molecule has 21 heteroatoms. The first kappa shape index (κ1) is 60.4. The third-order valence-electron chi connectivity index (χ3n) is 11.7. The number of hydrogen-bond acceptors (Lipinski definition) is 12. The highest BCUT2D eigenvalue weighted by molar-refractivity contribution is 5.95. The molecule has 7 unspecified atom stereocenters. The van der Waals surface area contributed by atoms with Crippen LogP contribution in [-0.2, 0) is 33.6 Å². The number of aliphatic imine (C=N–C) groups is 1. The largest absolute Gasteiger partial charge is 0.394 e. The molecular formula is C46H88N12O9. The Morgan fingerprint density at radius 2 is 1.34 bits per heavy atom. The zero-order valence-corrected chi connectivity index (χ0v) is 40.7. The van der Waals surface area contributed by atoms with Crippen molar-refractivity contribution >= 4 is 47.3 Å². The molecule has 0 aromatic heterocycles. The Hall–Kier alpha value is -4.60. The lowest BCUT2D eigenvalue weighted by Gasteiger charge is -2.29. The van der Waals surface area contributed by atoms with Crippen LogP contribution in [0.1, 0.15) is 162 Å². The van der Waals surface area contributed by atoms with Gasteiger partial charge in [0.1, 0.15) is 24.2 Å². The van der Waals surface area contributed by atoms with Crippen LogP contribution in [0.3, 0.4) is 0 Å². The molecule has 0 saturated carbocycles. The maximum atomic E-state index is 14.1. The smallest absolute Gasteiger partial charge is 0.245 e. The van der Waals surface area contributed by atoms with Crippen LogP contribution in [0.15, 0.2) is 4.99 Å². The third-order valence-corrected chi connectivity index (χ3v) is 11.7. The van der Waals surface area contributed by atoms with Gasteiger partial charge in [0.2, 0.25) is 41.4 Å². The minimum absolute atomic E-state index is 0.00885. The fraction of sp³-hybridized carbons (Fsp3) is 0.826. The molecular weight excluding hydrogens is 865 g/mol. The summed E-state index contributed by atoms with van der Waals surface area (Å²) in [5.41, 5.74) is 22.1. The molecule has 0 aromatic rings. The third kappa shape index (κ3) is 28.4. The molecule has 386 valence electrons. The monoisotopic (exact) mass is 953 g/mol. The van der Waals surface area contributed by atoms with E-state index >= 15 is 0 Å². The van der Waals surface area contributed by atoms with Gasteiger partial charge in [-0.2, -0.15) is 0 Å². The zero-order valence-electron chi connectivity index (χ0n) is 40.7. The Balaban J connectivity index is 3.22. The fourth-order valence-electron chi connectivity index (χ4n) is 7.84. The summed E-state index contributed by atoms with van der Waals surface area (Å²) in [7, 11) is 0. The van der Waals surface area contributed by atoms with Gasteiger partial charge in [-0.15, -0.1) is 0 Å². The Kier molecular flexibility index (Phi) is 32.9.